The predicted molar refractivity (Wildman–Crippen MR) is 65.7 cm³/mol. The number of benzene rings is 1. The SMILES string of the molecule is Brc1ccccc1.CCCC(=O)OCC. The van der Waals surface area contributed by atoms with Crippen LogP contribution >= 0.6 is 15.9 Å². The summed E-state index contributed by atoms with van der Waals surface area (Å²) in [6.07, 6.45) is 1.42. The quantitative estimate of drug-likeness (QED) is 0.783. The number of rotatable bonds is 3. The van der Waals surface area contributed by atoms with E-state index >= 15 is 0 Å². The lowest BCUT2D eigenvalue weighted by atomic mass is 10.3. The van der Waals surface area contributed by atoms with Crippen molar-refractivity contribution in [2.24, 2.45) is 0 Å². The van der Waals surface area contributed by atoms with E-state index in [1.807, 2.05) is 44.2 Å². The van der Waals surface area contributed by atoms with Crippen molar-refractivity contribution in [3.05, 3.63) is 34.8 Å². The van der Waals surface area contributed by atoms with Crippen molar-refractivity contribution in [2.75, 3.05) is 6.61 Å². The van der Waals surface area contributed by atoms with Crippen molar-refractivity contribution in [1.29, 1.82) is 0 Å². The van der Waals surface area contributed by atoms with E-state index in [-0.39, 0.29) is 5.97 Å². The second kappa shape index (κ2) is 9.71. The standard InChI is InChI=1S/C6H5Br.C6H12O2/c7-6-4-2-1-3-5-6;1-3-5-6(7)8-4-2/h1-5H;3-5H2,1-2H3. The second-order valence-electron chi connectivity index (χ2n) is 2.85. The minimum absolute atomic E-state index is 0.0880. The van der Waals surface area contributed by atoms with Gasteiger partial charge in [0, 0.05) is 10.9 Å². The van der Waals surface area contributed by atoms with Crippen LogP contribution in [0.4, 0.5) is 0 Å². The van der Waals surface area contributed by atoms with E-state index in [9.17, 15) is 4.79 Å². The first-order valence-electron chi connectivity index (χ1n) is 5.06. The molecule has 0 bridgehead atoms. The maximum atomic E-state index is 10.4. The molecule has 84 valence electrons. The lowest BCUT2D eigenvalue weighted by Gasteiger charge is -1.96. The molecule has 0 saturated heterocycles. The number of ether oxygens (including phenoxy) is 1. The Balaban J connectivity index is 0.000000262. The van der Waals surface area contributed by atoms with E-state index in [2.05, 4.69) is 20.7 Å². The highest BCUT2D eigenvalue weighted by Crippen LogP contribution is 2.05. The summed E-state index contributed by atoms with van der Waals surface area (Å²) >= 11 is 3.31. The van der Waals surface area contributed by atoms with E-state index < -0.39 is 0 Å². The zero-order valence-corrected chi connectivity index (χ0v) is 10.8. The highest BCUT2D eigenvalue weighted by Gasteiger charge is 1.95. The molecule has 0 aliphatic rings. The molecule has 0 saturated carbocycles. The van der Waals surface area contributed by atoms with Gasteiger partial charge in [-0.25, -0.2) is 0 Å². The van der Waals surface area contributed by atoms with Crippen molar-refractivity contribution >= 4 is 21.9 Å². The minimum Gasteiger partial charge on any atom is -0.466 e. The average molecular weight is 273 g/mol. The monoisotopic (exact) mass is 272 g/mol. The van der Waals surface area contributed by atoms with Crippen LogP contribution in [0.5, 0.6) is 0 Å². The van der Waals surface area contributed by atoms with Gasteiger partial charge in [0.05, 0.1) is 6.61 Å². The Kier molecular flexibility index (Phi) is 9.18. The van der Waals surface area contributed by atoms with Gasteiger partial charge in [0.25, 0.3) is 0 Å². The second-order valence-corrected chi connectivity index (χ2v) is 3.77. The lowest BCUT2D eigenvalue weighted by molar-refractivity contribution is -0.143. The number of hydrogen-bond donors (Lipinski definition) is 0. The summed E-state index contributed by atoms with van der Waals surface area (Å²) in [6, 6.07) is 9.97. The molecule has 0 atom stereocenters. The van der Waals surface area contributed by atoms with Crippen molar-refractivity contribution in [3.8, 4) is 0 Å². The normalized spacial score (nSPS) is 8.73. The van der Waals surface area contributed by atoms with Crippen molar-refractivity contribution in [1.82, 2.24) is 0 Å². The topological polar surface area (TPSA) is 26.3 Å². The summed E-state index contributed by atoms with van der Waals surface area (Å²) in [6.45, 7) is 4.27. The molecular formula is C12H17BrO2. The zero-order valence-electron chi connectivity index (χ0n) is 9.20. The molecule has 0 spiro atoms. The molecule has 3 heteroatoms. The molecule has 0 radical (unpaired) electrons. The Hall–Kier alpha value is -0.830. The summed E-state index contributed by atoms with van der Waals surface area (Å²) < 4.78 is 5.78. The van der Waals surface area contributed by atoms with Gasteiger partial charge >= 0.3 is 5.97 Å². The predicted octanol–water partition coefficient (Wildman–Crippen LogP) is 3.80. The summed E-state index contributed by atoms with van der Waals surface area (Å²) in [7, 11) is 0. The van der Waals surface area contributed by atoms with Gasteiger partial charge in [0.15, 0.2) is 0 Å². The van der Waals surface area contributed by atoms with Gasteiger partial charge in [-0.3, -0.25) is 4.79 Å². The van der Waals surface area contributed by atoms with Crippen molar-refractivity contribution in [3.63, 3.8) is 0 Å². The Morgan fingerprint density at radius 2 is 1.87 bits per heavy atom. The molecule has 0 N–H and O–H groups in total. The maximum absolute atomic E-state index is 10.4. The molecular weight excluding hydrogens is 256 g/mol. The van der Waals surface area contributed by atoms with Crippen LogP contribution < -0.4 is 0 Å². The lowest BCUT2D eigenvalue weighted by Crippen LogP contribution is -2.01. The van der Waals surface area contributed by atoms with Gasteiger partial charge in [0.2, 0.25) is 0 Å². The van der Waals surface area contributed by atoms with Crippen LogP contribution in [0, 0.1) is 0 Å². The first-order chi connectivity index (χ1) is 7.20. The van der Waals surface area contributed by atoms with Gasteiger partial charge in [-0.2, -0.15) is 0 Å². The van der Waals surface area contributed by atoms with E-state index in [4.69, 9.17) is 0 Å². The Bertz CT molecular complexity index is 252. The van der Waals surface area contributed by atoms with Crippen molar-refractivity contribution < 1.29 is 9.53 Å². The third-order valence-corrected chi connectivity index (χ3v) is 2.02. The third kappa shape index (κ3) is 9.47. The molecule has 1 aromatic carbocycles. The minimum atomic E-state index is -0.0880. The summed E-state index contributed by atoms with van der Waals surface area (Å²) in [5, 5.41) is 0. The largest absolute Gasteiger partial charge is 0.466 e. The first kappa shape index (κ1) is 14.2. The summed E-state index contributed by atoms with van der Waals surface area (Å²) in [5.74, 6) is -0.0880. The molecule has 1 rings (SSSR count). The van der Waals surface area contributed by atoms with Gasteiger partial charge in [-0.15, -0.1) is 0 Å². The zero-order chi connectivity index (χ0) is 11.5. The maximum Gasteiger partial charge on any atom is 0.305 e. The van der Waals surface area contributed by atoms with Crippen LogP contribution in [-0.4, -0.2) is 12.6 Å². The fourth-order valence-electron chi connectivity index (χ4n) is 0.852. The number of esters is 1. The molecule has 0 aromatic heterocycles. The van der Waals surface area contributed by atoms with E-state index in [0.29, 0.717) is 13.0 Å². The molecule has 0 heterocycles. The van der Waals surface area contributed by atoms with Gasteiger partial charge in [-0.05, 0) is 25.5 Å². The van der Waals surface area contributed by atoms with Gasteiger partial charge in [-0.1, -0.05) is 41.1 Å². The van der Waals surface area contributed by atoms with Crippen LogP contribution in [0.1, 0.15) is 26.7 Å². The fourth-order valence-corrected chi connectivity index (χ4v) is 1.16. The molecule has 0 aliphatic carbocycles. The first-order valence-corrected chi connectivity index (χ1v) is 5.86. The number of halogens is 1. The Morgan fingerprint density at radius 3 is 2.20 bits per heavy atom. The molecule has 15 heavy (non-hydrogen) atoms. The third-order valence-electron chi connectivity index (χ3n) is 1.49. The number of carbonyl (C=O) groups excluding carboxylic acids is 1. The molecule has 0 aliphatic heterocycles. The smallest absolute Gasteiger partial charge is 0.305 e. The molecule has 0 unspecified atom stereocenters. The Labute approximate surface area is 99.8 Å². The molecule has 1 aromatic rings. The van der Waals surface area contributed by atoms with Crippen molar-refractivity contribution in [2.45, 2.75) is 26.7 Å². The highest BCUT2D eigenvalue weighted by molar-refractivity contribution is 9.10. The van der Waals surface area contributed by atoms with Crippen LogP contribution in [0.15, 0.2) is 34.8 Å². The van der Waals surface area contributed by atoms with E-state index in [1.54, 1.807) is 0 Å². The van der Waals surface area contributed by atoms with Crippen LogP contribution in [0.2, 0.25) is 0 Å². The average Bonchev–Trinajstić information content (AvgIpc) is 2.20. The van der Waals surface area contributed by atoms with E-state index in [0.717, 1.165) is 10.9 Å². The molecule has 0 amide bonds. The van der Waals surface area contributed by atoms with Gasteiger partial charge in [0.1, 0.15) is 0 Å². The van der Waals surface area contributed by atoms with Gasteiger partial charge < -0.3 is 4.74 Å². The molecule has 2 nitrogen and oxygen atoms in total. The summed E-state index contributed by atoms with van der Waals surface area (Å²) in [5.41, 5.74) is 0. The summed E-state index contributed by atoms with van der Waals surface area (Å²) in [4.78, 5) is 10.4. The fraction of sp³-hybridized carbons (Fsp3) is 0.417. The Morgan fingerprint density at radius 1 is 1.27 bits per heavy atom. The van der Waals surface area contributed by atoms with Crippen LogP contribution in [-0.2, 0) is 9.53 Å². The highest BCUT2D eigenvalue weighted by atomic mass is 79.9. The van der Waals surface area contributed by atoms with E-state index in [1.165, 1.54) is 0 Å². The number of carbonyl (C=O) groups is 1. The van der Waals surface area contributed by atoms with Crippen LogP contribution in [0.25, 0.3) is 0 Å². The molecule has 0 fully saturated rings. The van der Waals surface area contributed by atoms with Crippen LogP contribution in [0.3, 0.4) is 0 Å². The number of hydrogen-bond acceptors (Lipinski definition) is 2.